The third-order valence-electron chi connectivity index (χ3n) is 2.42. The monoisotopic (exact) mass is 220 g/mol. The van der Waals surface area contributed by atoms with Gasteiger partial charge in [0.1, 0.15) is 11.3 Å². The number of ether oxygens (including phenoxy) is 3. The van der Waals surface area contributed by atoms with E-state index in [0.29, 0.717) is 28.2 Å². The Hall–Kier alpha value is -2.17. The first-order valence-corrected chi connectivity index (χ1v) is 4.69. The maximum Gasteiger partial charge on any atom is 0.339 e. The first kappa shape index (κ1) is 9.08. The summed E-state index contributed by atoms with van der Waals surface area (Å²) in [5.74, 6) is 1.66. The highest BCUT2D eigenvalue weighted by Crippen LogP contribution is 2.38. The van der Waals surface area contributed by atoms with Crippen molar-refractivity contribution in [3.8, 4) is 17.2 Å². The van der Waals surface area contributed by atoms with Gasteiger partial charge in [-0.3, -0.25) is 0 Å². The van der Waals surface area contributed by atoms with Crippen molar-refractivity contribution >= 4 is 11.0 Å². The van der Waals surface area contributed by atoms with Gasteiger partial charge in [0.15, 0.2) is 11.5 Å². The summed E-state index contributed by atoms with van der Waals surface area (Å²) in [7, 11) is 1.50. The minimum Gasteiger partial charge on any atom is -0.496 e. The fourth-order valence-corrected chi connectivity index (χ4v) is 1.69. The van der Waals surface area contributed by atoms with Crippen LogP contribution in [0.25, 0.3) is 11.0 Å². The molecule has 0 atom stereocenters. The summed E-state index contributed by atoms with van der Waals surface area (Å²) < 4.78 is 20.6. The number of hydrogen-bond acceptors (Lipinski definition) is 5. The van der Waals surface area contributed by atoms with Crippen LogP contribution in [-0.4, -0.2) is 13.9 Å². The zero-order valence-corrected chi connectivity index (χ0v) is 8.48. The molecule has 0 spiro atoms. The minimum absolute atomic E-state index is 0.179. The lowest BCUT2D eigenvalue weighted by atomic mass is 10.2. The second kappa shape index (κ2) is 3.16. The van der Waals surface area contributed by atoms with E-state index in [0.717, 1.165) is 0 Å². The van der Waals surface area contributed by atoms with Crippen LogP contribution in [0.2, 0.25) is 0 Å². The van der Waals surface area contributed by atoms with Gasteiger partial charge >= 0.3 is 5.63 Å². The average Bonchev–Trinajstić information content (AvgIpc) is 2.72. The molecule has 1 aliphatic rings. The molecule has 0 aliphatic carbocycles. The van der Waals surface area contributed by atoms with E-state index in [1.165, 1.54) is 13.2 Å². The summed E-state index contributed by atoms with van der Waals surface area (Å²) >= 11 is 0. The summed E-state index contributed by atoms with van der Waals surface area (Å²) in [6.45, 7) is 0.179. The number of hydrogen-bond donors (Lipinski definition) is 0. The summed E-state index contributed by atoms with van der Waals surface area (Å²) in [5, 5.41) is 0.686. The smallest absolute Gasteiger partial charge is 0.339 e. The molecule has 2 heterocycles. The van der Waals surface area contributed by atoms with E-state index in [4.69, 9.17) is 18.6 Å². The molecule has 1 aliphatic heterocycles. The lowest BCUT2D eigenvalue weighted by Gasteiger charge is -2.04. The van der Waals surface area contributed by atoms with Crippen LogP contribution in [0.1, 0.15) is 0 Å². The number of methoxy groups -OCH3 is 1. The molecule has 82 valence electrons. The third-order valence-corrected chi connectivity index (χ3v) is 2.42. The molecule has 5 nitrogen and oxygen atoms in total. The maximum absolute atomic E-state index is 11.2. The lowest BCUT2D eigenvalue weighted by Crippen LogP contribution is -1.98. The zero-order valence-electron chi connectivity index (χ0n) is 8.48. The third kappa shape index (κ3) is 1.21. The van der Waals surface area contributed by atoms with E-state index in [-0.39, 0.29) is 6.79 Å². The van der Waals surface area contributed by atoms with Crippen LogP contribution < -0.4 is 19.8 Å². The van der Waals surface area contributed by atoms with Crippen molar-refractivity contribution in [2.45, 2.75) is 0 Å². The molecule has 1 aromatic carbocycles. The molecular formula is C11H8O5. The van der Waals surface area contributed by atoms with Gasteiger partial charge in [-0.2, -0.15) is 0 Å². The molecule has 5 heteroatoms. The predicted molar refractivity (Wildman–Crippen MR) is 55.2 cm³/mol. The Kier molecular flexibility index (Phi) is 1.80. The lowest BCUT2D eigenvalue weighted by molar-refractivity contribution is 0.174. The Morgan fingerprint density at radius 3 is 2.69 bits per heavy atom. The topological polar surface area (TPSA) is 57.9 Å². The molecule has 16 heavy (non-hydrogen) atoms. The fourth-order valence-electron chi connectivity index (χ4n) is 1.69. The van der Waals surface area contributed by atoms with Gasteiger partial charge in [0.05, 0.1) is 18.6 Å². The van der Waals surface area contributed by atoms with Crippen LogP contribution in [0, 0.1) is 0 Å². The van der Waals surface area contributed by atoms with Gasteiger partial charge in [0, 0.05) is 6.07 Å². The first-order valence-electron chi connectivity index (χ1n) is 4.69. The van der Waals surface area contributed by atoms with Crippen LogP contribution >= 0.6 is 0 Å². The molecule has 0 fully saturated rings. The largest absolute Gasteiger partial charge is 0.496 e. The molecule has 0 radical (unpaired) electrons. The van der Waals surface area contributed by atoms with E-state index < -0.39 is 5.63 Å². The van der Waals surface area contributed by atoms with E-state index >= 15 is 0 Å². The summed E-state index contributed by atoms with van der Waals surface area (Å²) in [6.07, 6.45) is 0. The van der Waals surface area contributed by atoms with Crippen LogP contribution in [0.4, 0.5) is 0 Å². The summed E-state index contributed by atoms with van der Waals surface area (Å²) in [5.41, 5.74) is -0.0307. The number of benzene rings is 1. The molecule has 2 aromatic rings. The van der Waals surface area contributed by atoms with Crippen LogP contribution in [0.15, 0.2) is 27.4 Å². The van der Waals surface area contributed by atoms with Crippen molar-refractivity contribution in [3.63, 3.8) is 0 Å². The zero-order chi connectivity index (χ0) is 11.1. The number of rotatable bonds is 1. The molecule has 0 saturated heterocycles. The van der Waals surface area contributed by atoms with Crippen molar-refractivity contribution in [1.29, 1.82) is 0 Å². The second-order valence-electron chi connectivity index (χ2n) is 3.34. The molecule has 0 unspecified atom stereocenters. The first-order chi connectivity index (χ1) is 7.78. The second-order valence-corrected chi connectivity index (χ2v) is 3.34. The van der Waals surface area contributed by atoms with E-state index in [2.05, 4.69) is 0 Å². The fraction of sp³-hybridized carbons (Fsp3) is 0.182. The highest BCUT2D eigenvalue weighted by atomic mass is 16.7. The van der Waals surface area contributed by atoms with Gasteiger partial charge in [0.2, 0.25) is 6.79 Å². The van der Waals surface area contributed by atoms with Crippen molar-refractivity contribution < 1.29 is 18.6 Å². The van der Waals surface area contributed by atoms with Gasteiger partial charge in [-0.25, -0.2) is 4.79 Å². The maximum atomic E-state index is 11.2. The molecule has 0 N–H and O–H groups in total. The van der Waals surface area contributed by atoms with Crippen LogP contribution in [-0.2, 0) is 0 Å². The highest BCUT2D eigenvalue weighted by molar-refractivity contribution is 5.86. The molecule has 0 saturated carbocycles. The molecule has 3 rings (SSSR count). The van der Waals surface area contributed by atoms with E-state index in [1.54, 1.807) is 12.1 Å². The minimum atomic E-state index is -0.455. The number of fused-ring (bicyclic) bond motifs is 2. The standard InChI is InChI=1S/C11H8O5/c1-13-7-4-11(12)16-8-3-10-9(2-6(7)8)14-5-15-10/h2-4H,5H2,1H3. The Morgan fingerprint density at radius 1 is 1.19 bits per heavy atom. The Bertz CT molecular complexity index is 614. The molecular weight excluding hydrogens is 212 g/mol. The molecule has 0 amide bonds. The quantitative estimate of drug-likeness (QED) is 0.682. The summed E-state index contributed by atoms with van der Waals surface area (Å²) in [6, 6.07) is 4.66. The van der Waals surface area contributed by atoms with Gasteiger partial charge in [0.25, 0.3) is 0 Å². The average molecular weight is 220 g/mol. The predicted octanol–water partition coefficient (Wildman–Crippen LogP) is 1.53. The van der Waals surface area contributed by atoms with E-state index in [9.17, 15) is 4.79 Å². The highest BCUT2D eigenvalue weighted by Gasteiger charge is 2.17. The van der Waals surface area contributed by atoms with Gasteiger partial charge < -0.3 is 18.6 Å². The van der Waals surface area contributed by atoms with E-state index in [1.807, 2.05) is 0 Å². The summed E-state index contributed by atoms with van der Waals surface area (Å²) in [4.78, 5) is 11.2. The van der Waals surface area contributed by atoms with Crippen molar-refractivity contribution in [2.24, 2.45) is 0 Å². The molecule has 0 bridgehead atoms. The van der Waals surface area contributed by atoms with Gasteiger partial charge in [-0.05, 0) is 6.07 Å². The van der Waals surface area contributed by atoms with Crippen LogP contribution in [0.5, 0.6) is 17.2 Å². The van der Waals surface area contributed by atoms with Crippen molar-refractivity contribution in [2.75, 3.05) is 13.9 Å². The SMILES string of the molecule is COc1cc(=O)oc2cc3c(cc12)OCO3. The normalized spacial score (nSPS) is 13.1. The Labute approximate surface area is 90.1 Å². The van der Waals surface area contributed by atoms with Crippen molar-refractivity contribution in [1.82, 2.24) is 0 Å². The van der Waals surface area contributed by atoms with Gasteiger partial charge in [-0.15, -0.1) is 0 Å². The van der Waals surface area contributed by atoms with Crippen LogP contribution in [0.3, 0.4) is 0 Å². The van der Waals surface area contributed by atoms with Gasteiger partial charge in [-0.1, -0.05) is 0 Å². The Balaban J connectivity index is 2.39. The van der Waals surface area contributed by atoms with Crippen molar-refractivity contribution in [3.05, 3.63) is 28.6 Å². The molecule has 1 aromatic heterocycles. The Morgan fingerprint density at radius 2 is 1.94 bits per heavy atom.